The van der Waals surface area contributed by atoms with Gasteiger partial charge < -0.3 is 15.7 Å². The number of hydrogen-bond acceptors (Lipinski definition) is 3. The fourth-order valence-electron chi connectivity index (χ4n) is 2.58. The van der Waals surface area contributed by atoms with Gasteiger partial charge in [-0.25, -0.2) is 0 Å². The van der Waals surface area contributed by atoms with E-state index in [9.17, 15) is 9.90 Å². The van der Waals surface area contributed by atoms with Crippen molar-refractivity contribution in [1.29, 1.82) is 0 Å². The number of carbonyl (C=O) groups is 1. The molecule has 1 unspecified atom stereocenters. The Bertz CT molecular complexity index is 487. The predicted molar refractivity (Wildman–Crippen MR) is 87.0 cm³/mol. The second kappa shape index (κ2) is 7.66. The molecule has 1 saturated carbocycles. The van der Waals surface area contributed by atoms with E-state index in [0.717, 1.165) is 42.6 Å². The van der Waals surface area contributed by atoms with E-state index in [-0.39, 0.29) is 17.7 Å². The number of nitrogens with one attached hydrogen (secondary N) is 2. The quantitative estimate of drug-likeness (QED) is 0.707. The van der Waals surface area contributed by atoms with Crippen molar-refractivity contribution in [3.8, 4) is 0 Å². The Morgan fingerprint density at radius 2 is 2.14 bits per heavy atom. The summed E-state index contributed by atoms with van der Waals surface area (Å²) in [5.74, 6) is 0.469. The number of halogens is 1. The summed E-state index contributed by atoms with van der Waals surface area (Å²) in [7, 11) is 0. The van der Waals surface area contributed by atoms with Crippen LogP contribution in [0, 0.1) is 12.8 Å². The Morgan fingerprint density at radius 1 is 1.43 bits per heavy atom. The molecule has 2 rings (SSSR count). The number of alkyl halides is 1. The van der Waals surface area contributed by atoms with E-state index >= 15 is 0 Å². The van der Waals surface area contributed by atoms with Crippen LogP contribution < -0.4 is 10.6 Å². The number of aliphatic hydroxyl groups excluding tert-OH is 1. The molecule has 1 aromatic rings. The highest BCUT2D eigenvalue weighted by Crippen LogP contribution is 2.27. The monoisotopic (exact) mass is 310 g/mol. The largest absolute Gasteiger partial charge is 0.390 e. The SMILES string of the molecule is Cc1ccc(NCC(O)CCl)cc1NC(=O)C1CCCC1. The molecule has 0 aromatic heterocycles. The van der Waals surface area contributed by atoms with Crippen LogP contribution in [0.2, 0.25) is 0 Å². The van der Waals surface area contributed by atoms with Gasteiger partial charge in [-0.2, -0.15) is 0 Å². The summed E-state index contributed by atoms with van der Waals surface area (Å²) in [6.45, 7) is 2.37. The Kier molecular flexibility index (Phi) is 5.88. The number of amides is 1. The first-order valence-electron chi connectivity index (χ1n) is 7.49. The van der Waals surface area contributed by atoms with Crippen LogP contribution in [-0.2, 0) is 4.79 Å². The van der Waals surface area contributed by atoms with Gasteiger partial charge in [0.2, 0.25) is 5.91 Å². The average Bonchev–Trinajstić information content (AvgIpc) is 3.02. The molecule has 0 aliphatic heterocycles. The lowest BCUT2D eigenvalue weighted by Crippen LogP contribution is -2.22. The molecule has 0 spiro atoms. The van der Waals surface area contributed by atoms with Crippen LogP contribution in [0.3, 0.4) is 0 Å². The van der Waals surface area contributed by atoms with Crippen molar-refractivity contribution in [2.24, 2.45) is 5.92 Å². The van der Waals surface area contributed by atoms with Gasteiger partial charge in [-0.3, -0.25) is 4.79 Å². The standard InChI is InChI=1S/C16H23ClN2O2/c1-11-6-7-13(18-10-14(20)9-17)8-15(11)19-16(21)12-4-2-3-5-12/h6-8,12,14,18,20H,2-5,9-10H2,1H3,(H,19,21). The van der Waals surface area contributed by atoms with Gasteiger partial charge in [-0.1, -0.05) is 18.9 Å². The van der Waals surface area contributed by atoms with Gasteiger partial charge in [0.25, 0.3) is 0 Å². The summed E-state index contributed by atoms with van der Waals surface area (Å²) in [6.07, 6.45) is 3.70. The van der Waals surface area contributed by atoms with Gasteiger partial charge >= 0.3 is 0 Å². The van der Waals surface area contributed by atoms with Gasteiger partial charge in [0.1, 0.15) is 0 Å². The third kappa shape index (κ3) is 4.61. The van der Waals surface area contributed by atoms with E-state index in [1.54, 1.807) is 0 Å². The lowest BCUT2D eigenvalue weighted by atomic mass is 10.1. The van der Waals surface area contributed by atoms with Crippen LogP contribution in [0.1, 0.15) is 31.2 Å². The number of benzene rings is 1. The highest BCUT2D eigenvalue weighted by molar-refractivity contribution is 6.18. The predicted octanol–water partition coefficient (Wildman–Crippen LogP) is 3.14. The van der Waals surface area contributed by atoms with Gasteiger partial charge in [0.05, 0.1) is 12.0 Å². The number of anilines is 2. The van der Waals surface area contributed by atoms with Crippen LogP contribution in [0.5, 0.6) is 0 Å². The first kappa shape index (κ1) is 16.1. The topological polar surface area (TPSA) is 61.4 Å². The molecular weight excluding hydrogens is 288 g/mol. The maximum absolute atomic E-state index is 12.2. The molecule has 3 N–H and O–H groups in total. The Labute approximate surface area is 130 Å². The molecule has 0 bridgehead atoms. The van der Waals surface area contributed by atoms with Crippen molar-refractivity contribution in [3.63, 3.8) is 0 Å². The van der Waals surface area contributed by atoms with Crippen LogP contribution in [0.25, 0.3) is 0 Å². The minimum absolute atomic E-state index is 0.119. The summed E-state index contributed by atoms with van der Waals surface area (Å²) in [5, 5.41) is 15.6. The number of carbonyl (C=O) groups excluding carboxylic acids is 1. The number of rotatable bonds is 6. The molecule has 1 aliphatic carbocycles. The van der Waals surface area contributed by atoms with Crippen molar-refractivity contribution in [2.45, 2.75) is 38.7 Å². The lowest BCUT2D eigenvalue weighted by Gasteiger charge is -2.15. The highest BCUT2D eigenvalue weighted by Gasteiger charge is 2.22. The Hall–Kier alpha value is -1.26. The number of aliphatic hydroxyl groups is 1. The minimum atomic E-state index is -0.579. The number of hydrogen-bond donors (Lipinski definition) is 3. The van der Waals surface area contributed by atoms with Crippen LogP contribution in [0.4, 0.5) is 11.4 Å². The van der Waals surface area contributed by atoms with E-state index in [0.29, 0.717) is 6.54 Å². The van der Waals surface area contributed by atoms with Gasteiger partial charge in [-0.05, 0) is 37.5 Å². The fraction of sp³-hybridized carbons (Fsp3) is 0.562. The van der Waals surface area contributed by atoms with Crippen LogP contribution in [-0.4, -0.2) is 29.5 Å². The summed E-state index contributed by atoms with van der Waals surface area (Å²) in [4.78, 5) is 12.2. The molecule has 5 heteroatoms. The van der Waals surface area contributed by atoms with Crippen LogP contribution in [0.15, 0.2) is 18.2 Å². The summed E-state index contributed by atoms with van der Waals surface area (Å²) >= 11 is 5.57. The molecule has 4 nitrogen and oxygen atoms in total. The van der Waals surface area contributed by atoms with E-state index in [1.165, 1.54) is 0 Å². The Balaban J connectivity index is 1.99. The summed E-state index contributed by atoms with van der Waals surface area (Å²) in [5.41, 5.74) is 2.73. The van der Waals surface area contributed by atoms with Gasteiger partial charge in [0, 0.05) is 23.8 Å². The molecular formula is C16H23ClN2O2. The maximum atomic E-state index is 12.2. The average molecular weight is 311 g/mol. The zero-order valence-corrected chi connectivity index (χ0v) is 13.1. The third-order valence-electron chi connectivity index (χ3n) is 3.94. The lowest BCUT2D eigenvalue weighted by molar-refractivity contribution is -0.119. The minimum Gasteiger partial charge on any atom is -0.390 e. The molecule has 1 aliphatic rings. The Morgan fingerprint density at radius 3 is 2.81 bits per heavy atom. The van der Waals surface area contributed by atoms with Crippen molar-refractivity contribution in [1.82, 2.24) is 0 Å². The van der Waals surface area contributed by atoms with E-state index in [1.807, 2.05) is 25.1 Å². The van der Waals surface area contributed by atoms with Crippen molar-refractivity contribution < 1.29 is 9.90 Å². The van der Waals surface area contributed by atoms with Crippen molar-refractivity contribution >= 4 is 28.9 Å². The fourth-order valence-corrected chi connectivity index (χ4v) is 2.69. The molecule has 1 amide bonds. The molecule has 21 heavy (non-hydrogen) atoms. The first-order chi connectivity index (χ1) is 10.1. The molecule has 1 atom stereocenters. The highest BCUT2D eigenvalue weighted by atomic mass is 35.5. The zero-order valence-electron chi connectivity index (χ0n) is 12.4. The van der Waals surface area contributed by atoms with E-state index in [2.05, 4.69) is 10.6 Å². The second-order valence-corrected chi connectivity index (χ2v) is 6.00. The second-order valence-electron chi connectivity index (χ2n) is 5.69. The van der Waals surface area contributed by atoms with Crippen LogP contribution >= 0.6 is 11.6 Å². The van der Waals surface area contributed by atoms with Gasteiger partial charge in [-0.15, -0.1) is 11.6 Å². The molecule has 116 valence electrons. The molecule has 1 aromatic carbocycles. The normalized spacial score (nSPS) is 16.7. The van der Waals surface area contributed by atoms with Crippen molar-refractivity contribution in [2.75, 3.05) is 23.1 Å². The number of aryl methyl sites for hydroxylation is 1. The molecule has 0 radical (unpaired) electrons. The summed E-state index contributed by atoms with van der Waals surface area (Å²) < 4.78 is 0. The zero-order chi connectivity index (χ0) is 15.2. The summed E-state index contributed by atoms with van der Waals surface area (Å²) in [6, 6.07) is 5.80. The maximum Gasteiger partial charge on any atom is 0.227 e. The first-order valence-corrected chi connectivity index (χ1v) is 8.03. The van der Waals surface area contributed by atoms with E-state index < -0.39 is 6.10 Å². The molecule has 0 saturated heterocycles. The van der Waals surface area contributed by atoms with Gasteiger partial charge in [0.15, 0.2) is 0 Å². The molecule has 1 fully saturated rings. The van der Waals surface area contributed by atoms with Crippen molar-refractivity contribution in [3.05, 3.63) is 23.8 Å². The van der Waals surface area contributed by atoms with E-state index in [4.69, 9.17) is 11.6 Å². The third-order valence-corrected chi connectivity index (χ3v) is 4.30. The molecule has 0 heterocycles. The smallest absolute Gasteiger partial charge is 0.227 e.